The fourth-order valence-electron chi connectivity index (χ4n) is 2.66. The summed E-state index contributed by atoms with van der Waals surface area (Å²) in [6.45, 7) is 9.52. The van der Waals surface area contributed by atoms with Crippen LogP contribution in [-0.2, 0) is 4.74 Å². The predicted molar refractivity (Wildman–Crippen MR) is 71.7 cm³/mol. The van der Waals surface area contributed by atoms with Crippen LogP contribution in [0.2, 0.25) is 0 Å². The summed E-state index contributed by atoms with van der Waals surface area (Å²) in [5.41, 5.74) is 5.40. The van der Waals surface area contributed by atoms with Gasteiger partial charge in [-0.1, -0.05) is 12.2 Å². The van der Waals surface area contributed by atoms with Crippen molar-refractivity contribution in [2.24, 2.45) is 5.73 Å². The van der Waals surface area contributed by atoms with Gasteiger partial charge in [0.2, 0.25) is 0 Å². The topological polar surface area (TPSA) is 38.5 Å². The lowest BCUT2D eigenvalue weighted by Crippen LogP contribution is -2.45. The summed E-state index contributed by atoms with van der Waals surface area (Å²) in [6.07, 6.45) is 1.83. The summed E-state index contributed by atoms with van der Waals surface area (Å²) >= 11 is 4.91. The van der Waals surface area contributed by atoms with E-state index in [1.54, 1.807) is 0 Å². The summed E-state index contributed by atoms with van der Waals surface area (Å²) in [5, 5.41) is 0. The maximum Gasteiger partial charge on any atom is 0.0789 e. The van der Waals surface area contributed by atoms with E-state index in [1.807, 2.05) is 0 Å². The average Bonchev–Trinajstić information content (AvgIpc) is 2.30. The highest BCUT2D eigenvalue weighted by Crippen LogP contribution is 2.39. The number of ether oxygens (including phenoxy) is 1. The normalized spacial score (nSPS) is 27.2. The molecule has 16 heavy (non-hydrogen) atoms. The quantitative estimate of drug-likeness (QED) is 0.767. The highest BCUT2D eigenvalue weighted by molar-refractivity contribution is 7.80. The van der Waals surface area contributed by atoms with Gasteiger partial charge in [0.15, 0.2) is 0 Å². The van der Waals surface area contributed by atoms with Gasteiger partial charge in [0, 0.05) is 19.0 Å². The van der Waals surface area contributed by atoms with Crippen molar-refractivity contribution in [3.63, 3.8) is 0 Å². The molecule has 1 aliphatic rings. The fourth-order valence-corrected chi connectivity index (χ4v) is 2.75. The van der Waals surface area contributed by atoms with Crippen LogP contribution < -0.4 is 5.73 Å². The predicted octanol–water partition coefficient (Wildman–Crippen LogP) is 1.94. The molecule has 0 aromatic rings. The molecular formula is C12H24N2OS. The number of thiocarbonyl (C=S) groups is 1. The molecule has 1 fully saturated rings. The van der Waals surface area contributed by atoms with Crippen LogP contribution in [0.1, 0.15) is 40.5 Å². The molecule has 94 valence electrons. The van der Waals surface area contributed by atoms with Gasteiger partial charge in [0.05, 0.1) is 16.2 Å². The molecule has 0 aliphatic carbocycles. The van der Waals surface area contributed by atoms with Gasteiger partial charge in [0.25, 0.3) is 0 Å². The molecule has 2 N–H and O–H groups in total. The molecule has 0 radical (unpaired) electrons. The van der Waals surface area contributed by atoms with Crippen molar-refractivity contribution in [1.82, 2.24) is 4.90 Å². The maximum absolute atomic E-state index is 6.07. The van der Waals surface area contributed by atoms with Crippen molar-refractivity contribution in [3.8, 4) is 0 Å². The third kappa shape index (κ3) is 3.40. The standard InChI is InChI=1S/C12H24N2OS/c1-11(2)8-9(12(3,4)15-11)14(5)7-6-10(13)16/h9H,6-8H2,1-5H3,(H2,13,16). The molecular weight excluding hydrogens is 220 g/mol. The van der Waals surface area contributed by atoms with Crippen LogP contribution in [0.5, 0.6) is 0 Å². The van der Waals surface area contributed by atoms with E-state index in [9.17, 15) is 0 Å². The first-order valence-electron chi connectivity index (χ1n) is 5.83. The minimum atomic E-state index is -0.103. The van der Waals surface area contributed by atoms with Crippen LogP contribution in [-0.4, -0.2) is 40.7 Å². The zero-order valence-electron chi connectivity index (χ0n) is 11.0. The van der Waals surface area contributed by atoms with Gasteiger partial charge in [-0.2, -0.15) is 0 Å². The number of likely N-dealkylation sites (N-methyl/N-ethyl adjacent to an activating group) is 1. The van der Waals surface area contributed by atoms with Crippen LogP contribution in [0.3, 0.4) is 0 Å². The largest absolute Gasteiger partial charge is 0.393 e. The second-order valence-corrected chi connectivity index (χ2v) is 6.41. The highest BCUT2D eigenvalue weighted by atomic mass is 32.1. The lowest BCUT2D eigenvalue weighted by Gasteiger charge is -2.33. The maximum atomic E-state index is 6.07. The summed E-state index contributed by atoms with van der Waals surface area (Å²) in [7, 11) is 2.12. The first-order valence-corrected chi connectivity index (χ1v) is 6.23. The molecule has 1 saturated heterocycles. The van der Waals surface area contributed by atoms with E-state index in [0.717, 1.165) is 19.4 Å². The summed E-state index contributed by atoms with van der Waals surface area (Å²) < 4.78 is 6.07. The molecule has 0 aromatic carbocycles. The van der Waals surface area contributed by atoms with Crippen LogP contribution in [0.15, 0.2) is 0 Å². The van der Waals surface area contributed by atoms with Crippen molar-refractivity contribution in [1.29, 1.82) is 0 Å². The Kier molecular flexibility index (Phi) is 3.98. The Hall–Kier alpha value is -0.190. The Balaban J connectivity index is 2.62. The Morgan fingerprint density at radius 3 is 2.38 bits per heavy atom. The third-order valence-corrected chi connectivity index (χ3v) is 3.47. The second kappa shape index (κ2) is 4.59. The average molecular weight is 244 g/mol. The van der Waals surface area contributed by atoms with Crippen LogP contribution >= 0.6 is 12.2 Å². The van der Waals surface area contributed by atoms with Crippen LogP contribution in [0, 0.1) is 0 Å². The van der Waals surface area contributed by atoms with Gasteiger partial charge in [-0.05, 0) is 41.2 Å². The first kappa shape index (κ1) is 13.9. The summed E-state index contributed by atoms with van der Waals surface area (Å²) in [5.74, 6) is 0. The van der Waals surface area contributed by atoms with Gasteiger partial charge in [-0.3, -0.25) is 0 Å². The number of nitrogens with two attached hydrogens (primary N) is 1. The molecule has 1 unspecified atom stereocenters. The molecule has 1 aliphatic heterocycles. The fraction of sp³-hybridized carbons (Fsp3) is 0.917. The summed E-state index contributed by atoms with van der Waals surface area (Å²) in [6, 6.07) is 0.428. The van der Waals surface area contributed by atoms with Gasteiger partial charge >= 0.3 is 0 Å². The SMILES string of the molecule is CN(CCC(N)=S)C1CC(C)(C)OC1(C)C. The highest BCUT2D eigenvalue weighted by Gasteiger charge is 2.47. The third-order valence-electron chi connectivity index (χ3n) is 3.27. The van der Waals surface area contributed by atoms with Gasteiger partial charge in [-0.15, -0.1) is 0 Å². The Labute approximate surface area is 104 Å². The Bertz CT molecular complexity index is 276. The molecule has 1 rings (SSSR count). The van der Waals surface area contributed by atoms with Crippen LogP contribution in [0.4, 0.5) is 0 Å². The summed E-state index contributed by atoms with van der Waals surface area (Å²) in [4.78, 5) is 2.90. The molecule has 0 spiro atoms. The van der Waals surface area contributed by atoms with Crippen LogP contribution in [0.25, 0.3) is 0 Å². The van der Waals surface area contributed by atoms with E-state index >= 15 is 0 Å². The van der Waals surface area contributed by atoms with E-state index in [4.69, 9.17) is 22.7 Å². The number of nitrogens with zero attached hydrogens (tertiary/aromatic N) is 1. The molecule has 0 amide bonds. The van der Waals surface area contributed by atoms with Crippen molar-refractivity contribution in [2.45, 2.75) is 57.8 Å². The van der Waals surface area contributed by atoms with E-state index in [-0.39, 0.29) is 11.2 Å². The van der Waals surface area contributed by atoms with Gasteiger partial charge < -0.3 is 15.4 Å². The first-order chi connectivity index (χ1) is 7.14. The molecule has 3 nitrogen and oxygen atoms in total. The molecule has 0 saturated carbocycles. The number of hydrogen-bond acceptors (Lipinski definition) is 3. The lowest BCUT2D eigenvalue weighted by atomic mass is 9.93. The van der Waals surface area contributed by atoms with Crippen molar-refractivity contribution in [2.75, 3.05) is 13.6 Å². The molecule has 0 aromatic heterocycles. The lowest BCUT2D eigenvalue weighted by molar-refractivity contribution is -0.0784. The van der Waals surface area contributed by atoms with E-state index in [1.165, 1.54) is 0 Å². The van der Waals surface area contributed by atoms with Crippen molar-refractivity contribution in [3.05, 3.63) is 0 Å². The van der Waals surface area contributed by atoms with Crippen molar-refractivity contribution >= 4 is 17.2 Å². The molecule has 1 atom stereocenters. The van der Waals surface area contributed by atoms with Gasteiger partial charge in [-0.25, -0.2) is 0 Å². The number of rotatable bonds is 4. The zero-order chi connectivity index (χ0) is 12.6. The van der Waals surface area contributed by atoms with Crippen molar-refractivity contribution < 1.29 is 4.74 Å². The van der Waals surface area contributed by atoms with E-state index in [2.05, 4.69) is 39.6 Å². The van der Waals surface area contributed by atoms with E-state index < -0.39 is 0 Å². The monoisotopic (exact) mass is 244 g/mol. The molecule has 1 heterocycles. The minimum Gasteiger partial charge on any atom is -0.393 e. The zero-order valence-corrected chi connectivity index (χ0v) is 11.9. The Morgan fingerprint density at radius 2 is 2.00 bits per heavy atom. The second-order valence-electron chi connectivity index (χ2n) is 5.88. The number of hydrogen-bond donors (Lipinski definition) is 1. The minimum absolute atomic E-state index is 0.0361. The Morgan fingerprint density at radius 1 is 1.44 bits per heavy atom. The van der Waals surface area contributed by atoms with E-state index in [0.29, 0.717) is 11.0 Å². The smallest absolute Gasteiger partial charge is 0.0789 e. The molecule has 0 bridgehead atoms. The molecule has 4 heteroatoms. The van der Waals surface area contributed by atoms with Gasteiger partial charge in [0.1, 0.15) is 0 Å².